The number of rotatable bonds is 55. The van der Waals surface area contributed by atoms with Crippen molar-refractivity contribution in [3.8, 4) is 0 Å². The molecule has 0 N–H and O–H groups in total. The molecule has 0 amide bonds. The van der Waals surface area contributed by atoms with E-state index >= 15 is 0 Å². The van der Waals surface area contributed by atoms with Gasteiger partial charge in [0.2, 0.25) is 0 Å². The molecule has 0 spiro atoms. The molecule has 0 aliphatic carbocycles. The van der Waals surface area contributed by atoms with Crippen LogP contribution in [0.15, 0.2) is 158 Å². The molecule has 10 heteroatoms. The summed E-state index contributed by atoms with van der Waals surface area (Å²) in [5.74, 6) is -0.914. The maximum absolute atomic E-state index is 12.8. The van der Waals surface area contributed by atoms with Gasteiger partial charge >= 0.3 is 11.9 Å². The molecular formula is C70H114NO8P. The second-order valence-electron chi connectivity index (χ2n) is 21.3. The maximum atomic E-state index is 12.8. The quantitative estimate of drug-likeness (QED) is 0.0195. The van der Waals surface area contributed by atoms with Gasteiger partial charge in [0.1, 0.15) is 19.8 Å². The molecule has 0 aromatic rings. The molecule has 80 heavy (non-hydrogen) atoms. The highest BCUT2D eigenvalue weighted by Gasteiger charge is 2.21. The van der Waals surface area contributed by atoms with E-state index in [-0.39, 0.29) is 26.1 Å². The fourth-order valence-electron chi connectivity index (χ4n) is 7.82. The van der Waals surface area contributed by atoms with Crippen LogP contribution in [0.4, 0.5) is 0 Å². The second-order valence-corrected chi connectivity index (χ2v) is 22.7. The van der Waals surface area contributed by atoms with Gasteiger partial charge in [-0.05, 0) is 116 Å². The number of esters is 2. The van der Waals surface area contributed by atoms with Crippen molar-refractivity contribution in [2.45, 2.75) is 225 Å². The topological polar surface area (TPSA) is 111 Å². The van der Waals surface area contributed by atoms with Gasteiger partial charge in [0.25, 0.3) is 7.82 Å². The number of phosphoric acid groups is 1. The summed E-state index contributed by atoms with van der Waals surface area (Å²) in [5, 5.41) is 0. The van der Waals surface area contributed by atoms with Crippen molar-refractivity contribution in [3.05, 3.63) is 158 Å². The van der Waals surface area contributed by atoms with Gasteiger partial charge in [0.15, 0.2) is 6.10 Å². The number of nitrogens with zero attached hydrogens (tertiary/aromatic N) is 1. The van der Waals surface area contributed by atoms with Crippen LogP contribution in [-0.2, 0) is 32.7 Å². The number of carbonyl (C=O) groups excluding carboxylic acids is 2. The van der Waals surface area contributed by atoms with E-state index in [1.54, 1.807) is 0 Å². The lowest BCUT2D eigenvalue weighted by molar-refractivity contribution is -0.870. The Morgan fingerprint density at radius 2 is 0.688 bits per heavy atom. The third-order valence-electron chi connectivity index (χ3n) is 12.5. The zero-order valence-electron chi connectivity index (χ0n) is 51.2. The monoisotopic (exact) mass is 1130 g/mol. The summed E-state index contributed by atoms with van der Waals surface area (Å²) in [5.41, 5.74) is 0. The van der Waals surface area contributed by atoms with Crippen LogP contribution in [0.25, 0.3) is 0 Å². The Morgan fingerprint density at radius 1 is 0.388 bits per heavy atom. The molecule has 0 saturated heterocycles. The first kappa shape index (κ1) is 75.6. The molecule has 0 aliphatic heterocycles. The van der Waals surface area contributed by atoms with Crippen LogP contribution in [0.5, 0.6) is 0 Å². The molecule has 2 unspecified atom stereocenters. The molecular weight excluding hydrogens is 1010 g/mol. The highest BCUT2D eigenvalue weighted by atomic mass is 31.2. The summed E-state index contributed by atoms with van der Waals surface area (Å²) >= 11 is 0. The predicted octanol–water partition coefficient (Wildman–Crippen LogP) is 19.4. The first-order chi connectivity index (χ1) is 39.0. The number of ether oxygens (including phenoxy) is 2. The third-order valence-corrected chi connectivity index (χ3v) is 13.5. The smallest absolute Gasteiger partial charge is 0.306 e. The van der Waals surface area contributed by atoms with Crippen molar-refractivity contribution >= 4 is 19.8 Å². The SMILES string of the molecule is CC/C=C\C/C=C\C/C=C\C/C=C\C/C=C\C/C=C\C/C=C\C/C=C\C/C=C\CCCC(=O)OC(COC(=O)CCCCCCCCCCCCCCCC/C=C\C/C=C\C/C=C\C/C=C\CC)COP(=O)([O-])OCC[N+](C)(C)C. The Kier molecular flexibility index (Phi) is 56.0. The first-order valence-electron chi connectivity index (χ1n) is 31.2. The van der Waals surface area contributed by atoms with E-state index in [4.69, 9.17) is 18.5 Å². The standard InChI is InChI=1S/C70H114NO8P/c1-6-8-10-12-14-16-18-20-22-24-26-28-30-32-34-35-37-39-41-43-45-47-49-51-53-55-57-59-61-63-70(73)79-68(67-78-80(74,75)77-65-64-71(3,4)5)66-76-69(72)62-60-58-56-54-52-50-48-46-44-42-40-38-36-33-31-29-27-25-23-21-19-17-15-13-11-9-7-2/h8-11,14-17,20-23,26-29,32,34,37,39,43,45,49,51,55,57,68H,6-7,12-13,18-19,24-25,30-31,33,35-36,38,40-42,44,46-48,50,52-54,56,58-67H2,1-5H3/b10-8-,11-9-,16-14-,17-15-,22-20-,23-21-,28-26-,29-27-,34-32-,39-37-,45-43-,51-49-,57-55-. The average molecular weight is 1130 g/mol. The number of allylic oxidation sites excluding steroid dienone is 26. The lowest BCUT2D eigenvalue weighted by atomic mass is 10.0. The van der Waals surface area contributed by atoms with Gasteiger partial charge in [-0.15, -0.1) is 0 Å². The first-order valence-corrected chi connectivity index (χ1v) is 32.7. The highest BCUT2D eigenvalue weighted by Crippen LogP contribution is 2.38. The number of hydrogen-bond donors (Lipinski definition) is 0. The van der Waals surface area contributed by atoms with Crippen LogP contribution >= 0.6 is 7.82 Å². The summed E-state index contributed by atoms with van der Waals surface area (Å²) in [6.07, 6.45) is 88.8. The Hall–Kier alpha value is -4.37. The van der Waals surface area contributed by atoms with Gasteiger partial charge in [-0.25, -0.2) is 0 Å². The van der Waals surface area contributed by atoms with E-state index < -0.39 is 32.5 Å². The van der Waals surface area contributed by atoms with Gasteiger partial charge in [-0.3, -0.25) is 14.2 Å². The number of phosphoric ester groups is 1. The van der Waals surface area contributed by atoms with Crippen molar-refractivity contribution in [1.29, 1.82) is 0 Å². The van der Waals surface area contributed by atoms with E-state index in [9.17, 15) is 19.0 Å². The Balaban J connectivity index is 4.27. The van der Waals surface area contributed by atoms with Crippen LogP contribution in [0.2, 0.25) is 0 Å². The molecule has 2 atom stereocenters. The molecule has 0 radical (unpaired) electrons. The van der Waals surface area contributed by atoms with E-state index in [2.05, 4.69) is 166 Å². The van der Waals surface area contributed by atoms with Gasteiger partial charge in [-0.1, -0.05) is 249 Å². The van der Waals surface area contributed by atoms with E-state index in [1.807, 2.05) is 27.2 Å². The number of likely N-dealkylation sites (N-methyl/N-ethyl adjacent to an activating group) is 1. The minimum absolute atomic E-state index is 0.0505. The average Bonchev–Trinajstić information content (AvgIpc) is 3.42. The maximum Gasteiger partial charge on any atom is 0.306 e. The minimum Gasteiger partial charge on any atom is -0.756 e. The predicted molar refractivity (Wildman–Crippen MR) is 341 cm³/mol. The van der Waals surface area contributed by atoms with Crippen molar-refractivity contribution in [2.75, 3.05) is 47.5 Å². The van der Waals surface area contributed by atoms with Crippen LogP contribution < -0.4 is 4.89 Å². The number of quaternary nitrogens is 1. The molecule has 452 valence electrons. The molecule has 0 fully saturated rings. The van der Waals surface area contributed by atoms with E-state index in [0.717, 1.165) is 103 Å². The highest BCUT2D eigenvalue weighted by molar-refractivity contribution is 7.45. The molecule has 0 aromatic carbocycles. The van der Waals surface area contributed by atoms with E-state index in [1.165, 1.54) is 70.6 Å². The molecule has 0 aromatic heterocycles. The van der Waals surface area contributed by atoms with Crippen molar-refractivity contribution < 1.29 is 42.1 Å². The molecule has 0 rings (SSSR count). The zero-order chi connectivity index (χ0) is 58.4. The fraction of sp³-hybridized carbons (Fsp3) is 0.600. The molecule has 0 heterocycles. The van der Waals surface area contributed by atoms with Gasteiger partial charge in [-0.2, -0.15) is 0 Å². The summed E-state index contributed by atoms with van der Waals surface area (Å²) in [7, 11) is 1.11. The lowest BCUT2D eigenvalue weighted by Crippen LogP contribution is -2.37. The third kappa shape index (κ3) is 62.8. The zero-order valence-corrected chi connectivity index (χ0v) is 52.1. The second kappa shape index (κ2) is 59.3. The largest absolute Gasteiger partial charge is 0.756 e. The lowest BCUT2D eigenvalue weighted by Gasteiger charge is -2.28. The molecule has 0 bridgehead atoms. The summed E-state index contributed by atoms with van der Waals surface area (Å²) in [6.45, 7) is 3.93. The molecule has 0 saturated carbocycles. The number of unbranched alkanes of at least 4 members (excludes halogenated alkanes) is 15. The van der Waals surface area contributed by atoms with Gasteiger partial charge in [0.05, 0.1) is 27.7 Å². The Morgan fingerprint density at radius 3 is 1.04 bits per heavy atom. The summed E-state index contributed by atoms with van der Waals surface area (Å²) in [4.78, 5) is 37.9. The van der Waals surface area contributed by atoms with Crippen molar-refractivity contribution in [3.63, 3.8) is 0 Å². The van der Waals surface area contributed by atoms with Crippen LogP contribution in [0.3, 0.4) is 0 Å². The normalized spacial score (nSPS) is 14.3. The van der Waals surface area contributed by atoms with Gasteiger partial charge in [0, 0.05) is 12.8 Å². The van der Waals surface area contributed by atoms with Crippen molar-refractivity contribution in [1.82, 2.24) is 0 Å². The fourth-order valence-corrected chi connectivity index (χ4v) is 8.55. The summed E-state index contributed by atoms with van der Waals surface area (Å²) < 4.78 is 34.1. The molecule has 0 aliphatic rings. The Bertz CT molecular complexity index is 1900. The number of hydrogen-bond acceptors (Lipinski definition) is 8. The van der Waals surface area contributed by atoms with Gasteiger partial charge < -0.3 is 27.9 Å². The summed E-state index contributed by atoms with van der Waals surface area (Å²) in [6, 6.07) is 0. The molecule has 9 nitrogen and oxygen atoms in total. The van der Waals surface area contributed by atoms with Crippen LogP contribution in [-0.4, -0.2) is 70.0 Å². The van der Waals surface area contributed by atoms with Crippen molar-refractivity contribution in [2.24, 2.45) is 0 Å². The Labute approximate surface area is 490 Å². The van der Waals surface area contributed by atoms with E-state index in [0.29, 0.717) is 30.3 Å². The van der Waals surface area contributed by atoms with Crippen LogP contribution in [0, 0.1) is 0 Å². The minimum atomic E-state index is -4.67. The van der Waals surface area contributed by atoms with Crippen LogP contribution in [0.1, 0.15) is 219 Å². The number of carbonyl (C=O) groups is 2.